The monoisotopic (exact) mass is 330 g/mol. The number of benzene rings is 1. The molecule has 1 amide bonds. The fourth-order valence-electron chi connectivity index (χ4n) is 2.76. The maximum atomic E-state index is 12.7. The van der Waals surface area contributed by atoms with E-state index in [4.69, 9.17) is 4.42 Å². The summed E-state index contributed by atoms with van der Waals surface area (Å²) < 4.78 is 5.52. The minimum Gasteiger partial charge on any atom is -0.468 e. The van der Waals surface area contributed by atoms with Crippen molar-refractivity contribution in [1.29, 1.82) is 0 Å². The molecule has 122 valence electrons. The lowest BCUT2D eigenvalue weighted by atomic mass is 10.1. The molecule has 1 saturated heterocycles. The first-order valence-corrected chi connectivity index (χ1v) is 8.91. The lowest BCUT2D eigenvalue weighted by molar-refractivity contribution is 0.0766. The van der Waals surface area contributed by atoms with Crippen molar-refractivity contribution >= 4 is 23.4 Å². The van der Waals surface area contributed by atoms with Crippen LogP contribution in [0.15, 0.2) is 47.1 Å². The molecule has 1 unspecified atom stereocenters. The van der Waals surface area contributed by atoms with Crippen LogP contribution in [0.25, 0.3) is 0 Å². The van der Waals surface area contributed by atoms with Gasteiger partial charge in [-0.1, -0.05) is 0 Å². The van der Waals surface area contributed by atoms with E-state index in [9.17, 15) is 4.79 Å². The Labute approximate surface area is 141 Å². The van der Waals surface area contributed by atoms with Crippen LogP contribution in [-0.4, -0.2) is 43.7 Å². The van der Waals surface area contributed by atoms with E-state index in [1.807, 2.05) is 72.1 Å². The fraction of sp³-hybridized carbons (Fsp3) is 0.389. The maximum absolute atomic E-state index is 12.7. The first kappa shape index (κ1) is 16.0. The number of carbonyl (C=O) groups is 1. The summed E-state index contributed by atoms with van der Waals surface area (Å²) in [5, 5.41) is 0.346. The highest BCUT2D eigenvalue weighted by molar-refractivity contribution is 7.99. The molecule has 1 aliphatic rings. The second kappa shape index (κ2) is 7.13. The minimum atomic E-state index is 0.121. The van der Waals surface area contributed by atoms with Crippen LogP contribution >= 0.6 is 11.8 Å². The van der Waals surface area contributed by atoms with E-state index < -0.39 is 0 Å². The molecule has 1 aromatic carbocycles. The van der Waals surface area contributed by atoms with E-state index in [1.54, 1.807) is 6.26 Å². The van der Waals surface area contributed by atoms with Gasteiger partial charge in [0, 0.05) is 44.2 Å². The van der Waals surface area contributed by atoms with Crippen LogP contribution in [0.4, 0.5) is 5.69 Å². The molecule has 4 nitrogen and oxygen atoms in total. The predicted octanol–water partition coefficient (Wildman–Crippen LogP) is 3.67. The number of amides is 1. The summed E-state index contributed by atoms with van der Waals surface area (Å²) >= 11 is 1.87. The van der Waals surface area contributed by atoms with Crippen molar-refractivity contribution < 1.29 is 9.21 Å². The predicted molar refractivity (Wildman–Crippen MR) is 95.2 cm³/mol. The Morgan fingerprint density at radius 2 is 2.00 bits per heavy atom. The highest BCUT2D eigenvalue weighted by Gasteiger charge is 2.24. The summed E-state index contributed by atoms with van der Waals surface area (Å²) in [5.74, 6) is 2.07. The molecule has 0 aliphatic carbocycles. The van der Waals surface area contributed by atoms with Crippen molar-refractivity contribution in [3.63, 3.8) is 0 Å². The Morgan fingerprint density at radius 3 is 2.65 bits per heavy atom. The summed E-state index contributed by atoms with van der Waals surface area (Å²) in [6.07, 6.45) is 2.65. The number of carbonyl (C=O) groups excluding carboxylic acids is 1. The first-order chi connectivity index (χ1) is 11.1. The second-order valence-corrected chi connectivity index (χ2v) is 7.21. The van der Waals surface area contributed by atoms with Gasteiger partial charge in [-0.2, -0.15) is 0 Å². The van der Waals surface area contributed by atoms with Gasteiger partial charge in [-0.15, -0.1) is 11.8 Å². The number of furan rings is 1. The van der Waals surface area contributed by atoms with Gasteiger partial charge in [0.1, 0.15) is 5.76 Å². The van der Waals surface area contributed by atoms with Crippen LogP contribution in [0.1, 0.15) is 27.8 Å². The maximum Gasteiger partial charge on any atom is 0.253 e. The summed E-state index contributed by atoms with van der Waals surface area (Å²) in [6, 6.07) is 11.8. The van der Waals surface area contributed by atoms with Crippen molar-refractivity contribution in [2.45, 2.75) is 11.7 Å². The van der Waals surface area contributed by atoms with Crippen LogP contribution in [0.2, 0.25) is 0 Å². The Morgan fingerprint density at radius 1 is 1.22 bits per heavy atom. The third kappa shape index (κ3) is 3.72. The molecule has 0 bridgehead atoms. The molecule has 2 heterocycles. The zero-order valence-electron chi connectivity index (χ0n) is 13.6. The Balaban J connectivity index is 1.66. The lowest BCUT2D eigenvalue weighted by Gasteiger charge is -2.21. The van der Waals surface area contributed by atoms with Gasteiger partial charge < -0.3 is 14.2 Å². The van der Waals surface area contributed by atoms with Gasteiger partial charge in [0.15, 0.2) is 0 Å². The third-order valence-electron chi connectivity index (χ3n) is 4.12. The average molecular weight is 330 g/mol. The van der Waals surface area contributed by atoms with Crippen molar-refractivity contribution in [2.24, 2.45) is 0 Å². The zero-order valence-corrected chi connectivity index (χ0v) is 14.4. The molecule has 1 atom stereocenters. The van der Waals surface area contributed by atoms with Gasteiger partial charge in [0.2, 0.25) is 0 Å². The fourth-order valence-corrected chi connectivity index (χ4v) is 3.94. The normalized spacial score (nSPS) is 18.5. The van der Waals surface area contributed by atoms with E-state index in [-0.39, 0.29) is 5.91 Å². The van der Waals surface area contributed by atoms with E-state index in [2.05, 4.69) is 0 Å². The van der Waals surface area contributed by atoms with Crippen LogP contribution in [-0.2, 0) is 0 Å². The van der Waals surface area contributed by atoms with Crippen molar-refractivity contribution in [3.05, 3.63) is 54.0 Å². The quantitative estimate of drug-likeness (QED) is 0.860. The summed E-state index contributed by atoms with van der Waals surface area (Å²) in [5.41, 5.74) is 1.86. The molecule has 0 saturated carbocycles. The van der Waals surface area contributed by atoms with Gasteiger partial charge in [-0.05, 0) is 42.8 Å². The van der Waals surface area contributed by atoms with Gasteiger partial charge in [0.05, 0.1) is 11.5 Å². The average Bonchev–Trinajstić information content (AvgIpc) is 2.99. The molecule has 3 rings (SSSR count). The van der Waals surface area contributed by atoms with Gasteiger partial charge in [0.25, 0.3) is 5.91 Å². The molecule has 2 aromatic rings. The molecule has 5 heteroatoms. The van der Waals surface area contributed by atoms with Gasteiger partial charge >= 0.3 is 0 Å². The number of hydrogen-bond acceptors (Lipinski definition) is 4. The van der Waals surface area contributed by atoms with Gasteiger partial charge in [-0.25, -0.2) is 0 Å². The topological polar surface area (TPSA) is 36.7 Å². The molecular formula is C18H22N2O2S. The standard InChI is InChI=1S/C18H22N2O2S/c1-19(2)15-7-5-14(6-8-15)18(21)20-10-9-17(23-13-11-20)16-4-3-12-22-16/h3-8,12,17H,9-11,13H2,1-2H3. The highest BCUT2D eigenvalue weighted by Crippen LogP contribution is 2.34. The smallest absolute Gasteiger partial charge is 0.253 e. The van der Waals surface area contributed by atoms with Crippen LogP contribution in [0, 0.1) is 0 Å². The molecule has 1 aromatic heterocycles. The van der Waals surface area contributed by atoms with E-state index in [1.165, 1.54) is 0 Å². The van der Waals surface area contributed by atoms with Crippen LogP contribution < -0.4 is 4.90 Å². The second-order valence-electron chi connectivity index (χ2n) is 5.90. The molecule has 1 aliphatic heterocycles. The molecule has 1 fully saturated rings. The summed E-state index contributed by atoms with van der Waals surface area (Å²) in [6.45, 7) is 1.56. The van der Waals surface area contributed by atoms with E-state index in [0.717, 1.165) is 42.3 Å². The number of thioether (sulfide) groups is 1. The van der Waals surface area contributed by atoms with Crippen molar-refractivity contribution in [3.8, 4) is 0 Å². The molecule has 23 heavy (non-hydrogen) atoms. The third-order valence-corrected chi connectivity index (χ3v) is 5.41. The molecule has 0 radical (unpaired) electrons. The van der Waals surface area contributed by atoms with Gasteiger partial charge in [-0.3, -0.25) is 4.79 Å². The molecular weight excluding hydrogens is 308 g/mol. The lowest BCUT2D eigenvalue weighted by Crippen LogP contribution is -2.33. The minimum absolute atomic E-state index is 0.121. The Hall–Kier alpha value is -1.88. The number of anilines is 1. The number of hydrogen-bond donors (Lipinski definition) is 0. The van der Waals surface area contributed by atoms with Crippen molar-refractivity contribution in [2.75, 3.05) is 37.8 Å². The first-order valence-electron chi connectivity index (χ1n) is 7.87. The Bertz CT molecular complexity index is 638. The zero-order chi connectivity index (χ0) is 16.2. The summed E-state index contributed by atoms with van der Waals surface area (Å²) in [4.78, 5) is 16.7. The largest absolute Gasteiger partial charge is 0.468 e. The highest BCUT2D eigenvalue weighted by atomic mass is 32.2. The van der Waals surface area contributed by atoms with Crippen molar-refractivity contribution in [1.82, 2.24) is 4.90 Å². The SMILES string of the molecule is CN(C)c1ccc(C(=O)N2CCSC(c3ccco3)CC2)cc1. The molecule has 0 spiro atoms. The number of rotatable bonds is 3. The molecule has 0 N–H and O–H groups in total. The van der Waals surface area contributed by atoms with E-state index in [0.29, 0.717) is 5.25 Å². The van der Waals surface area contributed by atoms with Crippen LogP contribution in [0.3, 0.4) is 0 Å². The summed E-state index contributed by atoms with van der Waals surface area (Å²) in [7, 11) is 4.00. The Kier molecular flexibility index (Phi) is 4.96. The number of nitrogens with zero attached hydrogens (tertiary/aromatic N) is 2. The van der Waals surface area contributed by atoms with E-state index >= 15 is 0 Å². The van der Waals surface area contributed by atoms with Crippen LogP contribution in [0.5, 0.6) is 0 Å².